The summed E-state index contributed by atoms with van der Waals surface area (Å²) in [7, 11) is 0. The molecule has 3 unspecified atom stereocenters. The maximum absolute atomic E-state index is 13.8. The van der Waals surface area contributed by atoms with Gasteiger partial charge in [0, 0.05) is 23.7 Å². The highest BCUT2D eigenvalue weighted by Crippen LogP contribution is 2.66. The molecule has 0 aromatic heterocycles. The lowest BCUT2D eigenvalue weighted by atomic mass is 9.42. The molecule has 31 heavy (non-hydrogen) atoms. The molecule has 0 bridgehead atoms. The molecule has 4 heteroatoms. The fourth-order valence-corrected chi connectivity index (χ4v) is 8.72. The van der Waals surface area contributed by atoms with Crippen LogP contribution in [-0.2, 0) is 9.59 Å². The number of piperidine rings is 1. The highest BCUT2D eigenvalue weighted by Gasteiger charge is 2.64. The quantitative estimate of drug-likeness (QED) is 0.664. The van der Waals surface area contributed by atoms with Gasteiger partial charge < -0.3 is 10.4 Å². The second kappa shape index (κ2) is 8.09. The standard InChI is InChI=1S/C27H41NO3/c1-26-11-7-18(4-3-17-9-13-28-14-10-17)15-22(26)19(16-29)25(31)24-20-5-6-23(30)27(20,2)12-8-21(24)26/h3-4,17-22,24,28-29H,5-16H2,1-2H3/t18?,19?,20-,21+,22?,24-,26+,27-/m0/s1. The molecule has 2 N–H and O–H groups in total. The van der Waals surface area contributed by atoms with Crippen LogP contribution in [0.15, 0.2) is 12.2 Å². The fourth-order valence-electron chi connectivity index (χ4n) is 8.72. The molecule has 172 valence electrons. The number of carbonyl (C=O) groups excluding carboxylic acids is 2. The van der Waals surface area contributed by atoms with Gasteiger partial charge in [-0.1, -0.05) is 26.0 Å². The third-order valence-electron chi connectivity index (χ3n) is 10.7. The molecule has 4 saturated carbocycles. The molecule has 8 atom stereocenters. The second-order valence-electron chi connectivity index (χ2n) is 12.0. The highest BCUT2D eigenvalue weighted by atomic mass is 16.3. The number of aliphatic hydroxyl groups is 1. The van der Waals surface area contributed by atoms with E-state index in [-0.39, 0.29) is 41.1 Å². The molecule has 4 nitrogen and oxygen atoms in total. The van der Waals surface area contributed by atoms with Crippen LogP contribution >= 0.6 is 0 Å². The summed E-state index contributed by atoms with van der Waals surface area (Å²) in [5, 5.41) is 13.8. The van der Waals surface area contributed by atoms with Crippen molar-refractivity contribution in [3.63, 3.8) is 0 Å². The minimum Gasteiger partial charge on any atom is -0.396 e. The molecule has 5 rings (SSSR count). The smallest absolute Gasteiger partial charge is 0.142 e. The third kappa shape index (κ3) is 3.39. The van der Waals surface area contributed by atoms with Crippen molar-refractivity contribution in [3.05, 3.63) is 12.2 Å². The molecule has 0 aromatic rings. The van der Waals surface area contributed by atoms with Crippen molar-refractivity contribution in [2.45, 2.75) is 71.6 Å². The fraction of sp³-hybridized carbons (Fsp3) is 0.852. The number of hydrogen-bond donors (Lipinski definition) is 2. The normalized spacial score (nSPS) is 48.5. The van der Waals surface area contributed by atoms with Crippen LogP contribution in [0.4, 0.5) is 0 Å². The Morgan fingerprint density at radius 1 is 0.935 bits per heavy atom. The van der Waals surface area contributed by atoms with Crippen molar-refractivity contribution in [2.75, 3.05) is 19.7 Å². The Kier molecular flexibility index (Phi) is 5.70. The number of allylic oxidation sites excluding steroid dienone is 2. The number of Topliss-reactive ketones (excluding diaryl/α,β-unsaturated/α-hetero) is 2. The monoisotopic (exact) mass is 427 g/mol. The number of aliphatic hydroxyl groups excluding tert-OH is 1. The average molecular weight is 428 g/mol. The minimum atomic E-state index is -0.297. The van der Waals surface area contributed by atoms with Gasteiger partial charge in [-0.25, -0.2) is 0 Å². The summed E-state index contributed by atoms with van der Waals surface area (Å²) in [6.07, 6.45) is 14.2. The molecular formula is C27H41NO3. The van der Waals surface area contributed by atoms with Crippen molar-refractivity contribution in [1.82, 2.24) is 5.32 Å². The number of rotatable bonds is 3. The molecule has 1 heterocycles. The van der Waals surface area contributed by atoms with E-state index in [4.69, 9.17) is 0 Å². The highest BCUT2D eigenvalue weighted by molar-refractivity contribution is 5.91. The van der Waals surface area contributed by atoms with E-state index >= 15 is 0 Å². The molecular weight excluding hydrogens is 386 g/mol. The van der Waals surface area contributed by atoms with Gasteiger partial charge in [-0.15, -0.1) is 0 Å². The molecule has 0 spiro atoms. The Morgan fingerprint density at radius 3 is 2.42 bits per heavy atom. The topological polar surface area (TPSA) is 66.4 Å². The summed E-state index contributed by atoms with van der Waals surface area (Å²) in [6.45, 7) is 6.77. The summed E-state index contributed by atoms with van der Waals surface area (Å²) >= 11 is 0. The van der Waals surface area contributed by atoms with Gasteiger partial charge in [-0.05, 0) is 99.5 Å². The van der Waals surface area contributed by atoms with Gasteiger partial charge >= 0.3 is 0 Å². The maximum atomic E-state index is 13.8. The number of carbonyl (C=O) groups is 2. The summed E-state index contributed by atoms with van der Waals surface area (Å²) in [6, 6.07) is 0. The average Bonchev–Trinajstić information content (AvgIpc) is 3.08. The first-order valence-electron chi connectivity index (χ1n) is 13.0. The SMILES string of the molecule is C[C@]12CCC(C=CC3CCNCC3)CC1C(CO)C(=O)[C@@H]1[C@H]2CC[C@]2(C)C(=O)CC[C@@H]12. The molecule has 1 aliphatic heterocycles. The Balaban J connectivity index is 1.38. The van der Waals surface area contributed by atoms with E-state index in [1.165, 1.54) is 19.3 Å². The van der Waals surface area contributed by atoms with Crippen LogP contribution in [0.25, 0.3) is 0 Å². The van der Waals surface area contributed by atoms with Gasteiger partial charge in [0.1, 0.15) is 11.6 Å². The van der Waals surface area contributed by atoms with Crippen LogP contribution < -0.4 is 5.32 Å². The zero-order valence-corrected chi connectivity index (χ0v) is 19.4. The van der Waals surface area contributed by atoms with Crippen LogP contribution in [0.1, 0.15) is 71.6 Å². The first kappa shape index (κ1) is 21.8. The van der Waals surface area contributed by atoms with Crippen LogP contribution in [0.5, 0.6) is 0 Å². The zero-order valence-electron chi connectivity index (χ0n) is 19.4. The Morgan fingerprint density at radius 2 is 1.68 bits per heavy atom. The van der Waals surface area contributed by atoms with Crippen molar-refractivity contribution >= 4 is 11.6 Å². The number of fused-ring (bicyclic) bond motifs is 5. The van der Waals surface area contributed by atoms with Crippen LogP contribution in [0.3, 0.4) is 0 Å². The third-order valence-corrected chi connectivity index (χ3v) is 10.7. The summed E-state index contributed by atoms with van der Waals surface area (Å²) in [4.78, 5) is 26.5. The maximum Gasteiger partial charge on any atom is 0.142 e. The van der Waals surface area contributed by atoms with Crippen molar-refractivity contribution in [1.29, 1.82) is 0 Å². The summed E-state index contributed by atoms with van der Waals surface area (Å²) in [5.74, 6) is 2.53. The van der Waals surface area contributed by atoms with Gasteiger partial charge in [-0.2, -0.15) is 0 Å². The van der Waals surface area contributed by atoms with Crippen molar-refractivity contribution < 1.29 is 14.7 Å². The van der Waals surface area contributed by atoms with Crippen LogP contribution in [0, 0.1) is 52.3 Å². The van der Waals surface area contributed by atoms with E-state index in [1.54, 1.807) is 0 Å². The van der Waals surface area contributed by atoms with Crippen LogP contribution in [0.2, 0.25) is 0 Å². The molecule has 0 radical (unpaired) electrons. The number of hydrogen-bond acceptors (Lipinski definition) is 4. The second-order valence-corrected chi connectivity index (χ2v) is 12.0. The van der Waals surface area contributed by atoms with E-state index in [0.717, 1.165) is 45.2 Å². The lowest BCUT2D eigenvalue weighted by Crippen LogP contribution is -2.60. The molecule has 0 aromatic carbocycles. The Hall–Kier alpha value is -1.00. The first-order chi connectivity index (χ1) is 14.9. The van der Waals surface area contributed by atoms with Gasteiger partial charge in [-0.3, -0.25) is 9.59 Å². The van der Waals surface area contributed by atoms with Crippen LogP contribution in [-0.4, -0.2) is 36.4 Å². The van der Waals surface area contributed by atoms with Gasteiger partial charge in [0.15, 0.2) is 0 Å². The molecule has 5 fully saturated rings. The predicted octanol–water partition coefficient (Wildman–Crippen LogP) is 4.17. The number of ketones is 2. The summed E-state index contributed by atoms with van der Waals surface area (Å²) < 4.78 is 0. The lowest BCUT2D eigenvalue weighted by Gasteiger charge is -2.61. The molecule has 1 saturated heterocycles. The molecule has 5 aliphatic rings. The zero-order chi connectivity index (χ0) is 21.8. The van der Waals surface area contributed by atoms with Gasteiger partial charge in [0.05, 0.1) is 6.61 Å². The molecule has 0 amide bonds. The van der Waals surface area contributed by atoms with E-state index in [0.29, 0.717) is 35.7 Å². The van der Waals surface area contributed by atoms with Crippen molar-refractivity contribution in [2.24, 2.45) is 52.3 Å². The van der Waals surface area contributed by atoms with E-state index in [1.807, 2.05) is 0 Å². The van der Waals surface area contributed by atoms with E-state index in [9.17, 15) is 14.7 Å². The van der Waals surface area contributed by atoms with E-state index in [2.05, 4.69) is 31.3 Å². The summed E-state index contributed by atoms with van der Waals surface area (Å²) in [5.41, 5.74) is -0.174. The Bertz CT molecular complexity index is 756. The van der Waals surface area contributed by atoms with E-state index < -0.39 is 0 Å². The van der Waals surface area contributed by atoms with Gasteiger partial charge in [0.25, 0.3) is 0 Å². The first-order valence-corrected chi connectivity index (χ1v) is 13.0. The lowest BCUT2D eigenvalue weighted by molar-refractivity contribution is -0.171. The largest absolute Gasteiger partial charge is 0.396 e. The van der Waals surface area contributed by atoms with Crippen molar-refractivity contribution in [3.8, 4) is 0 Å². The Labute approximate surface area is 187 Å². The number of nitrogens with one attached hydrogen (secondary N) is 1. The van der Waals surface area contributed by atoms with Gasteiger partial charge in [0.2, 0.25) is 0 Å². The minimum absolute atomic E-state index is 0.00886. The predicted molar refractivity (Wildman–Crippen MR) is 121 cm³/mol. The molecule has 4 aliphatic carbocycles.